The number of nitrogen functional groups attached to an aromatic ring is 1. The fourth-order valence-electron chi connectivity index (χ4n) is 2.69. The van der Waals surface area contributed by atoms with E-state index in [4.69, 9.17) is 15.2 Å². The third-order valence-electron chi connectivity index (χ3n) is 4.27. The molecule has 3 rings (SSSR count). The van der Waals surface area contributed by atoms with Crippen molar-refractivity contribution in [3.63, 3.8) is 0 Å². The van der Waals surface area contributed by atoms with Gasteiger partial charge >= 0.3 is 5.97 Å². The molecule has 3 aromatic carbocycles. The number of ether oxygens (including phenoxy) is 2. The molecule has 0 aliphatic carbocycles. The number of carbonyl (C=O) groups is 1. The summed E-state index contributed by atoms with van der Waals surface area (Å²) in [5.74, 6) is -0.228. The second kappa shape index (κ2) is 9.51. The second-order valence-corrected chi connectivity index (χ2v) is 7.53. The van der Waals surface area contributed by atoms with Crippen LogP contribution in [0.1, 0.15) is 10.8 Å². The van der Waals surface area contributed by atoms with Gasteiger partial charge in [0.15, 0.2) is 6.10 Å². The highest BCUT2D eigenvalue weighted by atomic mass is 32.2. The Labute approximate surface area is 177 Å². The largest absolute Gasteiger partial charge is 0.497 e. The van der Waals surface area contributed by atoms with Crippen LogP contribution in [0.3, 0.4) is 0 Å². The molecular weight excluding hydrogens is 409 g/mol. The zero-order valence-corrected chi connectivity index (χ0v) is 16.8. The summed E-state index contributed by atoms with van der Waals surface area (Å²) in [5, 5.41) is 18.8. The van der Waals surface area contributed by atoms with Crippen molar-refractivity contribution in [1.29, 1.82) is 0 Å². The summed E-state index contributed by atoms with van der Waals surface area (Å²) in [6, 6.07) is 17.2. The van der Waals surface area contributed by atoms with Crippen LogP contribution in [0.25, 0.3) is 0 Å². The molecule has 156 valence electrons. The number of anilines is 1. The number of nitrogens with two attached hydrogens (primary N) is 1. The molecular formula is C22H20FNO5S. The van der Waals surface area contributed by atoms with Gasteiger partial charge in [0.1, 0.15) is 23.1 Å². The predicted molar refractivity (Wildman–Crippen MR) is 113 cm³/mol. The van der Waals surface area contributed by atoms with Crippen LogP contribution in [-0.4, -0.2) is 29.4 Å². The number of hydrogen-bond donors (Lipinski definition) is 3. The third kappa shape index (κ3) is 5.22. The topological polar surface area (TPSA) is 102 Å². The molecule has 0 amide bonds. The highest BCUT2D eigenvalue weighted by molar-refractivity contribution is 7.99. The zero-order chi connectivity index (χ0) is 21.7. The maximum Gasteiger partial charge on any atom is 0.334 e. The molecule has 0 saturated heterocycles. The lowest BCUT2D eigenvalue weighted by molar-refractivity contribution is -0.146. The van der Waals surface area contributed by atoms with Gasteiger partial charge in [-0.1, -0.05) is 12.1 Å². The molecule has 2 atom stereocenters. The summed E-state index contributed by atoms with van der Waals surface area (Å²) in [5.41, 5.74) is 7.08. The molecule has 0 radical (unpaired) electrons. The summed E-state index contributed by atoms with van der Waals surface area (Å²) >= 11 is 1.11. The number of aliphatic hydroxyl groups is 1. The Kier molecular flexibility index (Phi) is 6.81. The predicted octanol–water partition coefficient (Wildman–Crippen LogP) is 4.49. The Morgan fingerprint density at radius 3 is 2.20 bits per heavy atom. The molecule has 2 unspecified atom stereocenters. The number of thioether (sulfide) groups is 1. The van der Waals surface area contributed by atoms with Crippen LogP contribution in [0.5, 0.6) is 17.2 Å². The van der Waals surface area contributed by atoms with E-state index in [1.54, 1.807) is 42.5 Å². The van der Waals surface area contributed by atoms with Crippen molar-refractivity contribution in [3.8, 4) is 17.2 Å². The zero-order valence-electron chi connectivity index (χ0n) is 16.0. The minimum atomic E-state index is -1.66. The van der Waals surface area contributed by atoms with Crippen LogP contribution >= 0.6 is 11.8 Å². The number of methoxy groups -OCH3 is 1. The Morgan fingerprint density at radius 2 is 1.60 bits per heavy atom. The molecule has 6 nitrogen and oxygen atoms in total. The van der Waals surface area contributed by atoms with E-state index in [0.29, 0.717) is 33.4 Å². The van der Waals surface area contributed by atoms with Gasteiger partial charge in [0.2, 0.25) is 0 Å². The van der Waals surface area contributed by atoms with Crippen LogP contribution in [-0.2, 0) is 4.79 Å². The number of rotatable bonds is 8. The number of halogens is 1. The maximum absolute atomic E-state index is 13.1. The van der Waals surface area contributed by atoms with Gasteiger partial charge in [0.05, 0.1) is 12.4 Å². The van der Waals surface area contributed by atoms with E-state index in [0.717, 1.165) is 11.8 Å². The number of carboxylic acids is 1. The molecule has 8 heteroatoms. The highest BCUT2D eigenvalue weighted by Gasteiger charge is 2.29. The summed E-state index contributed by atoms with van der Waals surface area (Å²) in [6.45, 7) is 0. The average Bonchev–Trinajstić information content (AvgIpc) is 2.75. The smallest absolute Gasteiger partial charge is 0.334 e. The minimum absolute atomic E-state index is 0.374. The van der Waals surface area contributed by atoms with E-state index >= 15 is 0 Å². The van der Waals surface area contributed by atoms with Crippen LogP contribution in [0.2, 0.25) is 0 Å². The Hall–Kier alpha value is -3.23. The van der Waals surface area contributed by atoms with Gasteiger partial charge < -0.3 is 25.4 Å². The maximum atomic E-state index is 13.1. The lowest BCUT2D eigenvalue weighted by Crippen LogP contribution is -2.26. The van der Waals surface area contributed by atoms with Crippen LogP contribution in [0.15, 0.2) is 71.6 Å². The van der Waals surface area contributed by atoms with Crippen molar-refractivity contribution in [2.24, 2.45) is 0 Å². The van der Waals surface area contributed by atoms with Gasteiger partial charge in [-0.2, -0.15) is 0 Å². The first-order valence-electron chi connectivity index (χ1n) is 8.92. The van der Waals surface area contributed by atoms with Gasteiger partial charge in [-0.3, -0.25) is 0 Å². The second-order valence-electron chi connectivity index (χ2n) is 6.35. The molecule has 3 aromatic rings. The molecule has 30 heavy (non-hydrogen) atoms. The first-order valence-corrected chi connectivity index (χ1v) is 9.80. The number of benzene rings is 3. The number of carboxylic acid groups (broad SMARTS) is 1. The fraction of sp³-hybridized carbons (Fsp3) is 0.136. The summed E-state index contributed by atoms with van der Waals surface area (Å²) in [6.07, 6.45) is -1.66. The van der Waals surface area contributed by atoms with E-state index in [9.17, 15) is 19.4 Å². The molecule has 0 aromatic heterocycles. The Balaban J connectivity index is 1.89. The van der Waals surface area contributed by atoms with Crippen LogP contribution in [0.4, 0.5) is 10.1 Å². The Bertz CT molecular complexity index is 1010. The summed E-state index contributed by atoms with van der Waals surface area (Å²) in [7, 11) is 1.53. The fourth-order valence-corrected chi connectivity index (χ4v) is 3.89. The van der Waals surface area contributed by atoms with Crippen molar-refractivity contribution in [2.45, 2.75) is 16.2 Å². The third-order valence-corrected chi connectivity index (χ3v) is 5.66. The standard InChI is InChI=1S/C22H20FNO5S/c1-28-15-6-2-13(3-7-15)21(20(25)22(26)27)30-19-12-17(10-11-18(19)24)29-16-8-4-14(23)5-9-16/h2-12,20-21,25H,24H2,1H3,(H,26,27). The molecule has 0 bridgehead atoms. The Morgan fingerprint density at radius 1 is 1.00 bits per heavy atom. The summed E-state index contributed by atoms with van der Waals surface area (Å²) in [4.78, 5) is 12.0. The van der Waals surface area contributed by atoms with E-state index in [2.05, 4.69) is 0 Å². The van der Waals surface area contributed by atoms with Crippen molar-refractivity contribution in [2.75, 3.05) is 12.8 Å². The normalized spacial score (nSPS) is 12.8. The van der Waals surface area contributed by atoms with Gasteiger partial charge in [-0.15, -0.1) is 11.8 Å². The van der Waals surface area contributed by atoms with E-state index in [1.165, 1.54) is 31.4 Å². The van der Waals surface area contributed by atoms with Gasteiger partial charge in [-0.05, 0) is 60.2 Å². The SMILES string of the molecule is COc1ccc(C(Sc2cc(Oc3ccc(F)cc3)ccc2N)C(O)C(=O)O)cc1. The van der Waals surface area contributed by atoms with Gasteiger partial charge in [-0.25, -0.2) is 9.18 Å². The number of hydrogen-bond acceptors (Lipinski definition) is 6. The lowest BCUT2D eigenvalue weighted by Gasteiger charge is -2.21. The molecule has 0 heterocycles. The monoisotopic (exact) mass is 429 g/mol. The van der Waals surface area contributed by atoms with Gasteiger partial charge in [0, 0.05) is 10.6 Å². The van der Waals surface area contributed by atoms with Crippen molar-refractivity contribution in [1.82, 2.24) is 0 Å². The average molecular weight is 429 g/mol. The van der Waals surface area contributed by atoms with Crippen molar-refractivity contribution in [3.05, 3.63) is 78.1 Å². The van der Waals surface area contributed by atoms with Crippen LogP contribution in [0, 0.1) is 5.82 Å². The molecule has 0 spiro atoms. The van der Waals surface area contributed by atoms with Crippen molar-refractivity contribution < 1.29 is 28.9 Å². The first kappa shape index (κ1) is 21.5. The van der Waals surface area contributed by atoms with Gasteiger partial charge in [0.25, 0.3) is 0 Å². The quantitative estimate of drug-likeness (QED) is 0.358. The number of aliphatic hydroxyl groups excluding tert-OH is 1. The molecule has 0 fully saturated rings. The summed E-state index contributed by atoms with van der Waals surface area (Å²) < 4.78 is 23.9. The van der Waals surface area contributed by atoms with E-state index in [-0.39, 0.29) is 5.82 Å². The van der Waals surface area contributed by atoms with Crippen molar-refractivity contribution >= 4 is 23.4 Å². The molecule has 0 aliphatic heterocycles. The first-order chi connectivity index (χ1) is 14.4. The lowest BCUT2D eigenvalue weighted by atomic mass is 10.1. The van der Waals surface area contributed by atoms with E-state index < -0.39 is 17.3 Å². The molecule has 0 saturated carbocycles. The van der Waals surface area contributed by atoms with Crippen LogP contribution < -0.4 is 15.2 Å². The van der Waals surface area contributed by atoms with E-state index in [1.807, 2.05) is 0 Å². The molecule has 0 aliphatic rings. The number of aliphatic carboxylic acids is 1. The highest BCUT2D eigenvalue weighted by Crippen LogP contribution is 2.42. The minimum Gasteiger partial charge on any atom is -0.497 e. The molecule has 4 N–H and O–H groups in total.